The van der Waals surface area contributed by atoms with Crippen molar-refractivity contribution in [3.8, 4) is 0 Å². The number of carbonyl (C=O) groups excluding carboxylic acids is 1. The Labute approximate surface area is 113 Å². The molecule has 0 amide bonds. The van der Waals surface area contributed by atoms with Gasteiger partial charge in [0.1, 0.15) is 0 Å². The summed E-state index contributed by atoms with van der Waals surface area (Å²) in [5.41, 5.74) is 1.16. The van der Waals surface area contributed by atoms with Crippen LogP contribution in [-0.2, 0) is 25.6 Å². The number of esters is 1. The molecular weight excluding hydrogens is 244 g/mol. The summed E-state index contributed by atoms with van der Waals surface area (Å²) in [6.07, 6.45) is 0.779. The first-order valence-corrected chi connectivity index (χ1v) is 6.57. The van der Waals surface area contributed by atoms with Crippen molar-refractivity contribution in [2.45, 2.75) is 13.0 Å². The molecule has 1 aliphatic heterocycles. The zero-order valence-electron chi connectivity index (χ0n) is 11.2. The van der Waals surface area contributed by atoms with Gasteiger partial charge in [-0.25, -0.2) is 0 Å². The van der Waals surface area contributed by atoms with E-state index in [9.17, 15) is 4.79 Å². The lowest BCUT2D eigenvalue weighted by Gasteiger charge is -2.27. The van der Waals surface area contributed by atoms with E-state index in [2.05, 4.69) is 0 Å². The minimum Gasteiger partial charge on any atom is -0.469 e. The van der Waals surface area contributed by atoms with E-state index in [0.29, 0.717) is 26.4 Å². The topological polar surface area (TPSA) is 44.8 Å². The molecule has 1 aromatic carbocycles. The Balaban J connectivity index is 1.72. The molecule has 1 heterocycles. The summed E-state index contributed by atoms with van der Waals surface area (Å²) in [6, 6.07) is 10.0. The van der Waals surface area contributed by atoms with Crippen LogP contribution in [0.5, 0.6) is 0 Å². The second-order valence-corrected chi connectivity index (χ2v) is 4.86. The van der Waals surface area contributed by atoms with Gasteiger partial charge in [-0.15, -0.1) is 0 Å². The maximum Gasteiger partial charge on any atom is 0.311 e. The molecule has 0 spiro atoms. The van der Waals surface area contributed by atoms with Gasteiger partial charge < -0.3 is 14.2 Å². The molecule has 0 aromatic heterocycles. The Morgan fingerprint density at radius 1 is 1.32 bits per heavy atom. The fourth-order valence-electron chi connectivity index (χ4n) is 2.28. The molecule has 0 N–H and O–H groups in total. The van der Waals surface area contributed by atoms with Gasteiger partial charge in [-0.2, -0.15) is 0 Å². The number of rotatable bonds is 5. The maximum absolute atomic E-state index is 11.5. The summed E-state index contributed by atoms with van der Waals surface area (Å²) < 4.78 is 15.9. The van der Waals surface area contributed by atoms with E-state index in [1.807, 2.05) is 30.3 Å². The largest absolute Gasteiger partial charge is 0.469 e. The number of benzene rings is 1. The molecule has 2 atom stereocenters. The van der Waals surface area contributed by atoms with Crippen LogP contribution in [0.1, 0.15) is 12.0 Å². The molecule has 4 heteroatoms. The van der Waals surface area contributed by atoms with Crippen LogP contribution in [0.3, 0.4) is 0 Å². The highest BCUT2D eigenvalue weighted by Gasteiger charge is 2.28. The lowest BCUT2D eigenvalue weighted by molar-refractivity contribution is -0.152. The van der Waals surface area contributed by atoms with Crippen LogP contribution in [0.2, 0.25) is 0 Å². The molecule has 1 fully saturated rings. The molecule has 0 saturated carbocycles. The highest BCUT2D eigenvalue weighted by molar-refractivity contribution is 5.72. The van der Waals surface area contributed by atoms with Gasteiger partial charge >= 0.3 is 5.97 Å². The smallest absolute Gasteiger partial charge is 0.311 e. The van der Waals surface area contributed by atoms with Crippen molar-refractivity contribution in [1.29, 1.82) is 0 Å². The van der Waals surface area contributed by atoms with E-state index in [4.69, 9.17) is 14.2 Å². The minimum atomic E-state index is -0.187. The first kappa shape index (κ1) is 14.0. The number of methoxy groups -OCH3 is 1. The van der Waals surface area contributed by atoms with Gasteiger partial charge in [0.05, 0.1) is 39.5 Å². The fraction of sp³-hybridized carbons (Fsp3) is 0.533. The van der Waals surface area contributed by atoms with E-state index >= 15 is 0 Å². The van der Waals surface area contributed by atoms with Crippen LogP contribution >= 0.6 is 0 Å². The standard InChI is InChI=1S/C15H20O4/c1-17-15(16)14-7-13(10-19-11-14)9-18-8-12-5-3-2-4-6-12/h2-6,13-14H,7-11H2,1H3. The monoisotopic (exact) mass is 264 g/mol. The van der Waals surface area contributed by atoms with Crippen molar-refractivity contribution >= 4 is 5.97 Å². The summed E-state index contributed by atoms with van der Waals surface area (Å²) in [5.74, 6) is -0.0709. The van der Waals surface area contributed by atoms with Gasteiger partial charge in [0, 0.05) is 5.92 Å². The third kappa shape index (κ3) is 4.33. The van der Waals surface area contributed by atoms with E-state index in [1.165, 1.54) is 7.11 Å². The normalized spacial score (nSPS) is 23.0. The molecule has 0 bridgehead atoms. The van der Waals surface area contributed by atoms with Crippen molar-refractivity contribution in [3.05, 3.63) is 35.9 Å². The molecular formula is C15H20O4. The molecule has 0 aliphatic carbocycles. The maximum atomic E-state index is 11.5. The van der Waals surface area contributed by atoms with Crippen LogP contribution < -0.4 is 0 Å². The van der Waals surface area contributed by atoms with E-state index < -0.39 is 0 Å². The Bertz CT molecular complexity index is 390. The van der Waals surface area contributed by atoms with E-state index in [1.54, 1.807) is 0 Å². The summed E-state index contributed by atoms with van der Waals surface area (Å²) in [6.45, 7) is 2.33. The van der Waals surface area contributed by atoms with Crippen LogP contribution in [-0.4, -0.2) is 32.9 Å². The molecule has 4 nitrogen and oxygen atoms in total. The molecule has 1 saturated heterocycles. The SMILES string of the molecule is COC(=O)C1COCC(COCc2ccccc2)C1. The van der Waals surface area contributed by atoms with Crippen LogP contribution in [0.25, 0.3) is 0 Å². The van der Waals surface area contributed by atoms with Gasteiger partial charge in [-0.05, 0) is 12.0 Å². The van der Waals surface area contributed by atoms with Crippen molar-refractivity contribution in [3.63, 3.8) is 0 Å². The number of carbonyl (C=O) groups is 1. The molecule has 2 rings (SSSR count). The van der Waals surface area contributed by atoms with Crippen LogP contribution in [0.15, 0.2) is 30.3 Å². The highest BCUT2D eigenvalue weighted by Crippen LogP contribution is 2.21. The lowest BCUT2D eigenvalue weighted by Crippen LogP contribution is -2.33. The molecule has 1 aliphatic rings. The van der Waals surface area contributed by atoms with Crippen LogP contribution in [0, 0.1) is 11.8 Å². The van der Waals surface area contributed by atoms with Gasteiger partial charge in [-0.3, -0.25) is 4.79 Å². The van der Waals surface area contributed by atoms with Gasteiger partial charge in [0.2, 0.25) is 0 Å². The second kappa shape index (κ2) is 7.26. The Hall–Kier alpha value is -1.39. The average Bonchev–Trinajstić information content (AvgIpc) is 2.48. The third-order valence-electron chi connectivity index (χ3n) is 3.29. The zero-order chi connectivity index (χ0) is 13.5. The van der Waals surface area contributed by atoms with Crippen molar-refractivity contribution < 1.29 is 19.0 Å². The number of hydrogen-bond acceptors (Lipinski definition) is 4. The van der Waals surface area contributed by atoms with Gasteiger partial charge in [0.25, 0.3) is 0 Å². The highest BCUT2D eigenvalue weighted by atomic mass is 16.5. The Morgan fingerprint density at radius 3 is 2.84 bits per heavy atom. The first-order chi connectivity index (χ1) is 9.29. The number of ether oxygens (including phenoxy) is 3. The third-order valence-corrected chi connectivity index (χ3v) is 3.29. The Morgan fingerprint density at radius 2 is 2.11 bits per heavy atom. The predicted molar refractivity (Wildman–Crippen MR) is 70.5 cm³/mol. The van der Waals surface area contributed by atoms with Crippen molar-refractivity contribution in [2.24, 2.45) is 11.8 Å². The summed E-state index contributed by atoms with van der Waals surface area (Å²) in [4.78, 5) is 11.5. The molecule has 1 aromatic rings. The summed E-state index contributed by atoms with van der Waals surface area (Å²) >= 11 is 0. The first-order valence-electron chi connectivity index (χ1n) is 6.57. The Kier molecular flexibility index (Phi) is 5.36. The predicted octanol–water partition coefficient (Wildman–Crippen LogP) is 2.03. The van der Waals surface area contributed by atoms with Crippen molar-refractivity contribution in [1.82, 2.24) is 0 Å². The summed E-state index contributed by atoms with van der Waals surface area (Å²) in [5, 5.41) is 0. The zero-order valence-corrected chi connectivity index (χ0v) is 11.2. The number of hydrogen-bond donors (Lipinski definition) is 0. The fourth-order valence-corrected chi connectivity index (χ4v) is 2.28. The van der Waals surface area contributed by atoms with E-state index in [-0.39, 0.29) is 17.8 Å². The average molecular weight is 264 g/mol. The molecule has 19 heavy (non-hydrogen) atoms. The van der Waals surface area contributed by atoms with Gasteiger partial charge in [-0.1, -0.05) is 30.3 Å². The molecule has 2 unspecified atom stereocenters. The van der Waals surface area contributed by atoms with Crippen LogP contribution in [0.4, 0.5) is 0 Å². The van der Waals surface area contributed by atoms with Crippen molar-refractivity contribution in [2.75, 3.05) is 26.9 Å². The minimum absolute atomic E-state index is 0.149. The van der Waals surface area contributed by atoms with Gasteiger partial charge in [0.15, 0.2) is 0 Å². The molecule has 0 radical (unpaired) electrons. The summed E-state index contributed by atoms with van der Waals surface area (Å²) in [7, 11) is 1.41. The molecule has 104 valence electrons. The lowest BCUT2D eigenvalue weighted by atomic mass is 9.94. The van der Waals surface area contributed by atoms with E-state index in [0.717, 1.165) is 12.0 Å². The second-order valence-electron chi connectivity index (χ2n) is 4.86. The quantitative estimate of drug-likeness (QED) is 0.763.